The maximum absolute atomic E-state index is 9.87. The third-order valence-electron chi connectivity index (χ3n) is 5.21. The number of rotatable bonds is 0. The molecule has 7 unspecified atom stereocenters. The van der Waals surface area contributed by atoms with Gasteiger partial charge < -0.3 is 5.11 Å². The van der Waals surface area contributed by atoms with E-state index in [0.717, 1.165) is 30.2 Å². The van der Waals surface area contributed by atoms with Crippen LogP contribution in [0.3, 0.4) is 0 Å². The van der Waals surface area contributed by atoms with E-state index in [4.69, 9.17) is 0 Å². The fourth-order valence-electron chi connectivity index (χ4n) is 4.91. The highest BCUT2D eigenvalue weighted by atomic mass is 16.3. The molecule has 2 aliphatic carbocycles. The first-order chi connectivity index (χ1) is 6.34. The van der Waals surface area contributed by atoms with Gasteiger partial charge in [-0.25, -0.2) is 0 Å². The van der Waals surface area contributed by atoms with Crippen LogP contribution in [-0.4, -0.2) is 35.2 Å². The summed E-state index contributed by atoms with van der Waals surface area (Å²) in [5, 5.41) is 9.87. The molecule has 2 saturated heterocycles. The van der Waals surface area contributed by atoms with Crippen molar-refractivity contribution in [2.24, 2.45) is 23.7 Å². The largest absolute Gasteiger partial charge is 0.393 e. The Labute approximate surface area is 78.9 Å². The predicted octanol–water partition coefficient (Wildman–Crippen LogP) is 0.707. The summed E-state index contributed by atoms with van der Waals surface area (Å²) in [6, 6.07) is 0.799. The summed E-state index contributed by atoms with van der Waals surface area (Å²) in [6.45, 7) is 2.68. The first kappa shape index (κ1) is 7.24. The molecule has 0 aromatic carbocycles. The molecular formula is C11H17NO. The summed E-state index contributed by atoms with van der Waals surface area (Å²) >= 11 is 0. The van der Waals surface area contributed by atoms with Crippen LogP contribution in [-0.2, 0) is 0 Å². The molecule has 4 fully saturated rings. The first-order valence-electron chi connectivity index (χ1n) is 5.77. The topological polar surface area (TPSA) is 23.5 Å². The minimum atomic E-state index is 0.0469. The van der Waals surface area contributed by atoms with Crippen molar-refractivity contribution < 1.29 is 5.11 Å². The molecule has 0 amide bonds. The minimum Gasteiger partial charge on any atom is -0.393 e. The maximum atomic E-state index is 9.87. The molecule has 2 heterocycles. The summed E-state index contributed by atoms with van der Waals surface area (Å²) in [7, 11) is 0. The molecule has 4 rings (SSSR count). The second-order valence-corrected chi connectivity index (χ2v) is 5.57. The number of aliphatic hydroxyl groups is 1. The van der Waals surface area contributed by atoms with E-state index in [-0.39, 0.29) is 6.10 Å². The Hall–Kier alpha value is -0.0800. The molecular weight excluding hydrogens is 162 g/mol. The van der Waals surface area contributed by atoms with Crippen LogP contribution in [0, 0.1) is 23.7 Å². The van der Waals surface area contributed by atoms with Gasteiger partial charge in [0.05, 0.1) is 6.10 Å². The number of fused-ring (bicyclic) bond motifs is 9. The summed E-state index contributed by atoms with van der Waals surface area (Å²) in [4.78, 5) is 2.67. The zero-order valence-electron chi connectivity index (χ0n) is 7.89. The molecule has 2 saturated carbocycles. The normalized spacial score (nSPS) is 67.6. The maximum Gasteiger partial charge on any atom is 0.0586 e. The van der Waals surface area contributed by atoms with Crippen molar-refractivity contribution in [1.82, 2.24) is 4.90 Å². The lowest BCUT2D eigenvalue weighted by Crippen LogP contribution is -2.44. The van der Waals surface area contributed by atoms with Gasteiger partial charge in [-0.3, -0.25) is 4.90 Å². The van der Waals surface area contributed by atoms with Gasteiger partial charge in [0.2, 0.25) is 0 Å². The lowest BCUT2D eigenvalue weighted by Gasteiger charge is -2.37. The Bertz CT molecular complexity index is 254. The number of hydrogen-bond acceptors (Lipinski definition) is 2. The van der Waals surface area contributed by atoms with Crippen LogP contribution in [0.1, 0.15) is 19.3 Å². The predicted molar refractivity (Wildman–Crippen MR) is 49.2 cm³/mol. The van der Waals surface area contributed by atoms with Gasteiger partial charge in [0.1, 0.15) is 0 Å². The second-order valence-electron chi connectivity index (χ2n) is 5.57. The van der Waals surface area contributed by atoms with E-state index >= 15 is 0 Å². The van der Waals surface area contributed by atoms with Crippen LogP contribution in [0.2, 0.25) is 0 Å². The third-order valence-corrected chi connectivity index (χ3v) is 5.21. The van der Waals surface area contributed by atoms with Gasteiger partial charge in [-0.2, -0.15) is 0 Å². The highest BCUT2D eigenvalue weighted by molar-refractivity contribution is 5.13. The molecule has 4 aliphatic rings. The van der Waals surface area contributed by atoms with Gasteiger partial charge in [0.15, 0.2) is 0 Å². The van der Waals surface area contributed by atoms with Gasteiger partial charge in [-0.1, -0.05) is 0 Å². The molecule has 7 atom stereocenters. The molecule has 13 heavy (non-hydrogen) atoms. The first-order valence-corrected chi connectivity index (χ1v) is 5.77. The molecule has 2 aliphatic heterocycles. The van der Waals surface area contributed by atoms with Gasteiger partial charge in [-0.05, 0) is 43.6 Å². The van der Waals surface area contributed by atoms with Gasteiger partial charge in [0, 0.05) is 18.5 Å². The quantitative estimate of drug-likeness (QED) is 0.592. The summed E-state index contributed by atoms with van der Waals surface area (Å²) < 4.78 is 0. The van der Waals surface area contributed by atoms with Crippen LogP contribution < -0.4 is 0 Å². The Balaban J connectivity index is 1.75. The van der Waals surface area contributed by atoms with E-state index in [9.17, 15) is 5.11 Å². The molecule has 0 aromatic rings. The monoisotopic (exact) mass is 179 g/mol. The molecule has 4 bridgehead atoms. The van der Waals surface area contributed by atoms with Crippen LogP contribution in [0.15, 0.2) is 0 Å². The summed E-state index contributed by atoms with van der Waals surface area (Å²) in [5.41, 5.74) is 0. The van der Waals surface area contributed by atoms with Crippen LogP contribution in [0.5, 0.6) is 0 Å². The van der Waals surface area contributed by atoms with Crippen LogP contribution >= 0.6 is 0 Å². The van der Waals surface area contributed by atoms with Gasteiger partial charge in [0.25, 0.3) is 0 Å². The molecule has 2 heteroatoms. The van der Waals surface area contributed by atoms with E-state index in [1.807, 2.05) is 0 Å². The molecule has 0 radical (unpaired) electrons. The molecule has 1 N–H and O–H groups in total. The minimum absolute atomic E-state index is 0.0469. The fraction of sp³-hybridized carbons (Fsp3) is 1.00. The zero-order valence-corrected chi connectivity index (χ0v) is 7.89. The number of hydrogen-bond donors (Lipinski definition) is 1. The molecule has 2 nitrogen and oxygen atoms in total. The van der Waals surface area contributed by atoms with E-state index in [1.165, 1.54) is 25.9 Å². The Kier molecular flexibility index (Phi) is 1.18. The Morgan fingerprint density at radius 2 is 2.08 bits per heavy atom. The average Bonchev–Trinajstić information content (AvgIpc) is 2.78. The van der Waals surface area contributed by atoms with Crippen molar-refractivity contribution in [3.05, 3.63) is 0 Å². The number of piperidine rings is 1. The van der Waals surface area contributed by atoms with Crippen molar-refractivity contribution in [1.29, 1.82) is 0 Å². The Morgan fingerprint density at radius 3 is 3.00 bits per heavy atom. The van der Waals surface area contributed by atoms with E-state index in [0.29, 0.717) is 5.92 Å². The molecule has 72 valence electrons. The van der Waals surface area contributed by atoms with Crippen molar-refractivity contribution in [3.8, 4) is 0 Å². The van der Waals surface area contributed by atoms with Crippen LogP contribution in [0.4, 0.5) is 0 Å². The van der Waals surface area contributed by atoms with E-state index in [2.05, 4.69) is 4.90 Å². The highest BCUT2D eigenvalue weighted by Crippen LogP contribution is 2.59. The fourth-order valence-corrected chi connectivity index (χ4v) is 4.91. The lowest BCUT2D eigenvalue weighted by molar-refractivity contribution is 0.0322. The zero-order chi connectivity index (χ0) is 8.58. The number of aliphatic hydroxyl groups excluding tert-OH is 1. The summed E-state index contributed by atoms with van der Waals surface area (Å²) in [6.07, 6.45) is 3.95. The van der Waals surface area contributed by atoms with Crippen molar-refractivity contribution in [2.45, 2.75) is 31.4 Å². The van der Waals surface area contributed by atoms with E-state index < -0.39 is 0 Å². The van der Waals surface area contributed by atoms with Gasteiger partial charge >= 0.3 is 0 Å². The standard InChI is InChI=1S/C11H17NO/c13-9-4-7-3-8(9)11-10(7)6-1-2-12(11)5-6/h6-11,13H,1-5H2. The van der Waals surface area contributed by atoms with Crippen molar-refractivity contribution in [3.63, 3.8) is 0 Å². The molecule has 0 spiro atoms. The SMILES string of the molecule is OC1CC2CC1C1C2C2CCN1C2. The van der Waals surface area contributed by atoms with Gasteiger partial charge in [-0.15, -0.1) is 0 Å². The van der Waals surface area contributed by atoms with E-state index in [1.54, 1.807) is 0 Å². The smallest absolute Gasteiger partial charge is 0.0586 e. The van der Waals surface area contributed by atoms with Crippen molar-refractivity contribution >= 4 is 0 Å². The third kappa shape index (κ3) is 0.701. The van der Waals surface area contributed by atoms with Crippen LogP contribution in [0.25, 0.3) is 0 Å². The highest BCUT2D eigenvalue weighted by Gasteiger charge is 2.61. The Morgan fingerprint density at radius 1 is 1.15 bits per heavy atom. The lowest BCUT2D eigenvalue weighted by atomic mass is 9.76. The molecule has 0 aromatic heterocycles. The number of nitrogens with zero attached hydrogens (tertiary/aromatic N) is 1. The summed E-state index contributed by atoms with van der Waals surface area (Å²) in [5.74, 6) is 3.54. The average molecular weight is 179 g/mol. The second kappa shape index (κ2) is 2.12. The van der Waals surface area contributed by atoms with Crippen molar-refractivity contribution in [2.75, 3.05) is 13.1 Å².